The Bertz CT molecular complexity index is 928. The van der Waals surface area contributed by atoms with Crippen molar-refractivity contribution in [2.75, 3.05) is 6.54 Å². The van der Waals surface area contributed by atoms with Crippen LogP contribution in [-0.4, -0.2) is 41.0 Å². The van der Waals surface area contributed by atoms with E-state index in [1.165, 1.54) is 0 Å². The van der Waals surface area contributed by atoms with Crippen LogP contribution in [0.1, 0.15) is 31.9 Å². The van der Waals surface area contributed by atoms with Crippen molar-refractivity contribution in [3.05, 3.63) is 71.8 Å². The number of carbonyl (C=O) groups excluding carboxylic acids is 4. The van der Waals surface area contributed by atoms with Crippen LogP contribution in [-0.2, 0) is 19.9 Å². The zero-order chi connectivity index (χ0) is 21.9. The molecule has 0 aliphatic carbocycles. The summed E-state index contributed by atoms with van der Waals surface area (Å²) in [5.41, 5.74) is -1.25. The number of nitrogens with zero attached hydrogens (tertiary/aromatic N) is 1. The van der Waals surface area contributed by atoms with Crippen molar-refractivity contribution >= 4 is 23.9 Å². The summed E-state index contributed by atoms with van der Waals surface area (Å²) in [5.74, 6) is -1.60. The van der Waals surface area contributed by atoms with Gasteiger partial charge in [-0.3, -0.25) is 9.59 Å². The second-order valence-corrected chi connectivity index (χ2v) is 7.80. The molecule has 0 bridgehead atoms. The zero-order valence-corrected chi connectivity index (χ0v) is 17.0. The van der Waals surface area contributed by atoms with Crippen LogP contribution in [0.5, 0.6) is 0 Å². The molecule has 30 heavy (non-hydrogen) atoms. The molecule has 8 nitrogen and oxygen atoms in total. The normalized spacial score (nSPS) is 15.5. The molecule has 0 radical (unpaired) electrons. The summed E-state index contributed by atoms with van der Waals surface area (Å²) < 4.78 is 5.08. The highest BCUT2D eigenvalue weighted by Crippen LogP contribution is 2.35. The fourth-order valence-corrected chi connectivity index (χ4v) is 3.23. The number of alkyl carbamates (subject to hydrolysis) is 1. The number of amides is 5. The zero-order valence-electron chi connectivity index (χ0n) is 17.0. The molecule has 0 atom stereocenters. The molecule has 1 heterocycles. The molecule has 3 rings (SSSR count). The Hall–Kier alpha value is -3.68. The van der Waals surface area contributed by atoms with E-state index < -0.39 is 41.6 Å². The number of ether oxygens (including phenoxy) is 1. The van der Waals surface area contributed by atoms with Gasteiger partial charge >= 0.3 is 12.1 Å². The van der Waals surface area contributed by atoms with Gasteiger partial charge in [0.1, 0.15) is 12.1 Å². The topological polar surface area (TPSA) is 105 Å². The number of imide groups is 3. The summed E-state index contributed by atoms with van der Waals surface area (Å²) in [5, 5.41) is 4.96. The molecule has 1 saturated heterocycles. The molecule has 0 saturated carbocycles. The number of carbonyl (C=O) groups is 4. The van der Waals surface area contributed by atoms with E-state index in [9.17, 15) is 19.2 Å². The minimum atomic E-state index is -1.54. The van der Waals surface area contributed by atoms with E-state index in [4.69, 9.17) is 4.74 Å². The quantitative estimate of drug-likeness (QED) is 0.755. The van der Waals surface area contributed by atoms with Crippen LogP contribution >= 0.6 is 0 Å². The lowest BCUT2D eigenvalue weighted by Crippen LogP contribution is -2.47. The SMILES string of the molecule is CC(C)(C)OC(=O)NCC(=O)N1C(=O)NC(c2ccccc2)(c2ccccc2)C1=O. The molecule has 2 N–H and O–H groups in total. The summed E-state index contributed by atoms with van der Waals surface area (Å²) in [4.78, 5) is 51.1. The van der Waals surface area contributed by atoms with Crippen molar-refractivity contribution in [3.8, 4) is 0 Å². The molecule has 8 heteroatoms. The van der Waals surface area contributed by atoms with Gasteiger partial charge in [0.05, 0.1) is 0 Å². The van der Waals surface area contributed by atoms with Gasteiger partial charge in [-0.25, -0.2) is 9.59 Å². The average Bonchev–Trinajstić information content (AvgIpc) is 2.97. The van der Waals surface area contributed by atoms with E-state index in [2.05, 4.69) is 10.6 Å². The molecule has 5 amide bonds. The fourth-order valence-electron chi connectivity index (χ4n) is 3.23. The van der Waals surface area contributed by atoms with E-state index in [-0.39, 0.29) is 0 Å². The minimum absolute atomic E-state index is 0.518. The van der Waals surface area contributed by atoms with E-state index in [1.807, 2.05) is 0 Å². The Balaban J connectivity index is 1.89. The van der Waals surface area contributed by atoms with Crippen LogP contribution < -0.4 is 10.6 Å². The number of hydrogen-bond acceptors (Lipinski definition) is 5. The van der Waals surface area contributed by atoms with Crippen LogP contribution in [0.2, 0.25) is 0 Å². The van der Waals surface area contributed by atoms with Crippen molar-refractivity contribution in [2.45, 2.75) is 31.9 Å². The van der Waals surface area contributed by atoms with E-state index >= 15 is 0 Å². The molecule has 0 unspecified atom stereocenters. The smallest absolute Gasteiger partial charge is 0.408 e. The maximum absolute atomic E-state index is 13.4. The van der Waals surface area contributed by atoms with Crippen LogP contribution in [0, 0.1) is 0 Å². The number of rotatable bonds is 4. The van der Waals surface area contributed by atoms with Gasteiger partial charge < -0.3 is 15.4 Å². The summed E-state index contributed by atoms with van der Waals surface area (Å²) in [6.45, 7) is 4.48. The third-order valence-corrected chi connectivity index (χ3v) is 4.47. The second-order valence-electron chi connectivity index (χ2n) is 7.80. The molecule has 1 aliphatic heterocycles. The Kier molecular flexibility index (Phi) is 5.60. The third kappa shape index (κ3) is 4.03. The Morgan fingerprint density at radius 3 is 1.93 bits per heavy atom. The monoisotopic (exact) mass is 409 g/mol. The molecule has 0 spiro atoms. The van der Waals surface area contributed by atoms with Crippen molar-refractivity contribution in [3.63, 3.8) is 0 Å². The number of nitrogens with one attached hydrogen (secondary N) is 2. The van der Waals surface area contributed by atoms with Crippen LogP contribution in [0.4, 0.5) is 9.59 Å². The lowest BCUT2D eigenvalue weighted by Gasteiger charge is -2.27. The Morgan fingerprint density at radius 1 is 0.967 bits per heavy atom. The highest BCUT2D eigenvalue weighted by molar-refractivity contribution is 6.20. The number of urea groups is 1. The number of benzene rings is 2. The molecule has 2 aromatic rings. The Labute approximate surface area is 174 Å². The first-order chi connectivity index (χ1) is 14.1. The molecular weight excluding hydrogens is 386 g/mol. The van der Waals surface area contributed by atoms with Crippen molar-refractivity contribution in [1.82, 2.24) is 15.5 Å². The van der Waals surface area contributed by atoms with Gasteiger partial charge in [-0.15, -0.1) is 0 Å². The van der Waals surface area contributed by atoms with Gasteiger partial charge in [-0.05, 0) is 31.9 Å². The van der Waals surface area contributed by atoms with Crippen molar-refractivity contribution < 1.29 is 23.9 Å². The second kappa shape index (κ2) is 7.98. The van der Waals surface area contributed by atoms with Gasteiger partial charge in [0.15, 0.2) is 5.54 Å². The van der Waals surface area contributed by atoms with E-state index in [0.717, 1.165) is 0 Å². The maximum atomic E-state index is 13.4. The van der Waals surface area contributed by atoms with Crippen LogP contribution in [0.15, 0.2) is 60.7 Å². The van der Waals surface area contributed by atoms with Gasteiger partial charge in [0, 0.05) is 0 Å². The molecular formula is C22H23N3O5. The van der Waals surface area contributed by atoms with E-state index in [0.29, 0.717) is 16.0 Å². The predicted molar refractivity (Wildman–Crippen MR) is 108 cm³/mol. The lowest BCUT2D eigenvalue weighted by atomic mass is 9.82. The van der Waals surface area contributed by atoms with Gasteiger partial charge in [0.2, 0.25) is 0 Å². The first-order valence-corrected chi connectivity index (χ1v) is 9.42. The van der Waals surface area contributed by atoms with E-state index in [1.54, 1.807) is 81.4 Å². The highest BCUT2D eigenvalue weighted by atomic mass is 16.6. The molecule has 2 aromatic carbocycles. The fraction of sp³-hybridized carbons (Fsp3) is 0.273. The first-order valence-electron chi connectivity index (χ1n) is 9.42. The van der Waals surface area contributed by atoms with Gasteiger partial charge in [-0.2, -0.15) is 4.90 Å². The molecule has 0 aromatic heterocycles. The summed E-state index contributed by atoms with van der Waals surface area (Å²) >= 11 is 0. The van der Waals surface area contributed by atoms with Gasteiger partial charge in [0.25, 0.3) is 11.8 Å². The molecule has 1 aliphatic rings. The van der Waals surface area contributed by atoms with Crippen LogP contribution in [0.3, 0.4) is 0 Å². The van der Waals surface area contributed by atoms with Crippen LogP contribution in [0.25, 0.3) is 0 Å². The molecule has 1 fully saturated rings. The average molecular weight is 409 g/mol. The molecule has 156 valence electrons. The summed E-state index contributed by atoms with van der Waals surface area (Å²) in [7, 11) is 0. The van der Waals surface area contributed by atoms with Crippen molar-refractivity contribution in [2.24, 2.45) is 0 Å². The Morgan fingerprint density at radius 2 is 1.47 bits per heavy atom. The predicted octanol–water partition coefficient (Wildman–Crippen LogP) is 2.53. The largest absolute Gasteiger partial charge is 0.444 e. The third-order valence-electron chi connectivity index (χ3n) is 4.47. The van der Waals surface area contributed by atoms with Crippen molar-refractivity contribution in [1.29, 1.82) is 0 Å². The number of hydrogen-bond donors (Lipinski definition) is 2. The summed E-state index contributed by atoms with van der Waals surface area (Å²) in [6, 6.07) is 16.5. The minimum Gasteiger partial charge on any atom is -0.444 e. The lowest BCUT2D eigenvalue weighted by molar-refractivity contribution is -0.140. The highest BCUT2D eigenvalue weighted by Gasteiger charge is 2.55. The van der Waals surface area contributed by atoms with Gasteiger partial charge in [-0.1, -0.05) is 60.7 Å². The summed E-state index contributed by atoms with van der Waals surface area (Å²) in [6.07, 6.45) is -0.819. The maximum Gasteiger partial charge on any atom is 0.408 e. The standard InChI is InChI=1S/C22H23N3O5/c1-21(2,3)30-20(29)23-14-17(26)25-18(27)22(24-19(25)28,15-10-6-4-7-11-15)16-12-8-5-9-13-16/h4-13H,14H2,1-3H3,(H,23,29)(H,24,28). The first kappa shape index (κ1) is 21.0.